The summed E-state index contributed by atoms with van der Waals surface area (Å²) in [5, 5.41) is 10.7. The third-order valence-corrected chi connectivity index (χ3v) is 4.21. The lowest BCUT2D eigenvalue weighted by Gasteiger charge is -2.10. The number of methoxy groups -OCH3 is 1. The zero-order chi connectivity index (χ0) is 17.5. The first kappa shape index (κ1) is 17.7. The van der Waals surface area contributed by atoms with E-state index in [0.29, 0.717) is 23.0 Å². The molecule has 0 fully saturated rings. The maximum absolute atomic E-state index is 12.1. The van der Waals surface area contributed by atoms with Gasteiger partial charge in [0.2, 0.25) is 0 Å². The van der Waals surface area contributed by atoms with Crippen LogP contribution in [0.4, 0.5) is 0 Å². The molecule has 0 bridgehead atoms. The van der Waals surface area contributed by atoms with Gasteiger partial charge in [-0.3, -0.25) is 4.79 Å². The Kier molecular flexibility index (Phi) is 6.14. The van der Waals surface area contributed by atoms with Crippen LogP contribution in [0, 0.1) is 0 Å². The van der Waals surface area contributed by atoms with Gasteiger partial charge in [0.1, 0.15) is 0 Å². The van der Waals surface area contributed by atoms with Gasteiger partial charge in [-0.1, -0.05) is 19.1 Å². The summed E-state index contributed by atoms with van der Waals surface area (Å²) in [6.07, 6.45) is 3.94. The number of thiophene rings is 1. The van der Waals surface area contributed by atoms with Crippen LogP contribution >= 0.6 is 11.3 Å². The first-order chi connectivity index (χ1) is 11.5. The Morgan fingerprint density at radius 1 is 1.17 bits per heavy atom. The predicted octanol–water partition coefficient (Wildman–Crippen LogP) is 2.81. The highest BCUT2D eigenvalue weighted by Crippen LogP contribution is 2.28. The van der Waals surface area contributed by atoms with Gasteiger partial charge in [0.25, 0.3) is 0 Å². The van der Waals surface area contributed by atoms with Crippen molar-refractivity contribution in [1.29, 1.82) is 0 Å². The molecule has 0 spiro atoms. The van der Waals surface area contributed by atoms with Crippen molar-refractivity contribution < 1.29 is 24.2 Å². The summed E-state index contributed by atoms with van der Waals surface area (Å²) >= 11 is 0.896. The molecule has 0 radical (unpaired) electrons. The number of carboxylic acids is 1. The minimum absolute atomic E-state index is 0.0332. The molecular formula is C18H17O5S-. The van der Waals surface area contributed by atoms with Gasteiger partial charge in [-0.25, -0.2) is 0 Å². The molecule has 0 saturated heterocycles. The number of ketones is 1. The van der Waals surface area contributed by atoms with Crippen LogP contribution in [-0.2, 0) is 0 Å². The molecule has 2 rings (SSSR count). The van der Waals surface area contributed by atoms with E-state index in [-0.39, 0.29) is 10.7 Å². The molecule has 1 aromatic carbocycles. The minimum Gasteiger partial charge on any atom is -0.544 e. The number of carboxylic acid groups (broad SMARTS) is 1. The first-order valence-corrected chi connectivity index (χ1v) is 8.21. The van der Waals surface area contributed by atoms with Crippen LogP contribution in [0.2, 0.25) is 0 Å². The molecule has 0 aliphatic heterocycles. The summed E-state index contributed by atoms with van der Waals surface area (Å²) in [5.41, 5.74) is 0.778. The molecule has 126 valence electrons. The van der Waals surface area contributed by atoms with Crippen LogP contribution in [0.15, 0.2) is 36.4 Å². The Balaban J connectivity index is 2.12. The van der Waals surface area contributed by atoms with Gasteiger partial charge in [0, 0.05) is 0 Å². The number of carbonyl (C=O) groups is 2. The molecule has 0 unspecified atom stereocenters. The molecule has 2 aromatic rings. The molecule has 24 heavy (non-hydrogen) atoms. The number of aromatic carboxylic acids is 1. The predicted molar refractivity (Wildman–Crippen MR) is 90.8 cm³/mol. The third-order valence-electron chi connectivity index (χ3n) is 3.13. The largest absolute Gasteiger partial charge is 0.544 e. The zero-order valence-corrected chi connectivity index (χ0v) is 14.2. The molecular weight excluding hydrogens is 328 g/mol. The number of hydrogen-bond donors (Lipinski definition) is 0. The maximum Gasteiger partial charge on any atom is 0.195 e. The van der Waals surface area contributed by atoms with E-state index in [1.165, 1.54) is 18.2 Å². The summed E-state index contributed by atoms with van der Waals surface area (Å²) < 4.78 is 10.9. The van der Waals surface area contributed by atoms with Crippen molar-refractivity contribution >= 4 is 29.2 Å². The van der Waals surface area contributed by atoms with Crippen molar-refractivity contribution in [3.63, 3.8) is 0 Å². The third kappa shape index (κ3) is 4.45. The Hall–Kier alpha value is -2.60. The number of allylic oxidation sites excluding steroid dienone is 1. The molecule has 1 heterocycles. The van der Waals surface area contributed by atoms with Gasteiger partial charge < -0.3 is 19.4 Å². The smallest absolute Gasteiger partial charge is 0.195 e. The normalized spacial score (nSPS) is 10.8. The lowest BCUT2D eigenvalue weighted by atomic mass is 10.1. The molecule has 0 aliphatic carbocycles. The Labute approximate surface area is 144 Å². The van der Waals surface area contributed by atoms with Gasteiger partial charge in [0.05, 0.1) is 29.4 Å². The lowest BCUT2D eigenvalue weighted by Crippen LogP contribution is -2.20. The molecule has 0 N–H and O–H groups in total. The lowest BCUT2D eigenvalue weighted by molar-refractivity contribution is -0.254. The fraction of sp³-hybridized carbons (Fsp3) is 0.222. The molecule has 0 saturated carbocycles. The highest BCUT2D eigenvalue weighted by Gasteiger charge is 2.08. The summed E-state index contributed by atoms with van der Waals surface area (Å²) in [5.74, 6) is -0.304. The summed E-state index contributed by atoms with van der Waals surface area (Å²) in [6, 6.07) is 8.22. The van der Waals surface area contributed by atoms with Crippen molar-refractivity contribution in [2.75, 3.05) is 13.7 Å². The topological polar surface area (TPSA) is 75.7 Å². The van der Waals surface area contributed by atoms with E-state index in [4.69, 9.17) is 9.47 Å². The van der Waals surface area contributed by atoms with Gasteiger partial charge >= 0.3 is 0 Å². The fourth-order valence-electron chi connectivity index (χ4n) is 1.95. The van der Waals surface area contributed by atoms with Crippen molar-refractivity contribution in [3.8, 4) is 11.5 Å². The van der Waals surface area contributed by atoms with Crippen LogP contribution in [-0.4, -0.2) is 25.5 Å². The van der Waals surface area contributed by atoms with Crippen molar-refractivity contribution in [1.82, 2.24) is 0 Å². The number of ether oxygens (including phenoxy) is 2. The number of rotatable bonds is 8. The van der Waals surface area contributed by atoms with Crippen molar-refractivity contribution in [2.24, 2.45) is 0 Å². The standard InChI is InChI=1S/C18H18O5S/c1-3-10-23-14-7-5-12(11-15(14)22-2)4-6-13(19)16-8-9-17(24-16)18(20)21/h4-9,11H,3,10H2,1-2H3,(H,20,21)/p-1/b6-4+. The second kappa shape index (κ2) is 8.31. The fourth-order valence-corrected chi connectivity index (χ4v) is 2.71. The van der Waals surface area contributed by atoms with E-state index in [2.05, 4.69) is 0 Å². The van der Waals surface area contributed by atoms with E-state index in [1.54, 1.807) is 25.3 Å². The van der Waals surface area contributed by atoms with Crippen LogP contribution in [0.1, 0.15) is 38.3 Å². The van der Waals surface area contributed by atoms with Crippen molar-refractivity contribution in [3.05, 3.63) is 51.7 Å². The molecule has 0 atom stereocenters. The van der Waals surface area contributed by atoms with Gasteiger partial charge in [-0.15, -0.1) is 11.3 Å². The van der Waals surface area contributed by atoms with Crippen LogP contribution < -0.4 is 14.6 Å². The average Bonchev–Trinajstić information content (AvgIpc) is 3.08. The second-order valence-electron chi connectivity index (χ2n) is 4.91. The van der Waals surface area contributed by atoms with Crippen LogP contribution in [0.25, 0.3) is 6.08 Å². The highest BCUT2D eigenvalue weighted by molar-refractivity contribution is 7.16. The Morgan fingerprint density at radius 2 is 1.92 bits per heavy atom. The summed E-state index contributed by atoms with van der Waals surface area (Å²) in [4.78, 5) is 23.2. The van der Waals surface area contributed by atoms with E-state index in [9.17, 15) is 14.7 Å². The van der Waals surface area contributed by atoms with E-state index in [0.717, 1.165) is 23.3 Å². The van der Waals surface area contributed by atoms with Crippen LogP contribution in [0.3, 0.4) is 0 Å². The summed E-state index contributed by atoms with van der Waals surface area (Å²) in [6.45, 7) is 2.62. The van der Waals surface area contributed by atoms with Crippen molar-refractivity contribution in [2.45, 2.75) is 13.3 Å². The van der Waals surface area contributed by atoms with E-state index < -0.39 is 5.97 Å². The number of carbonyl (C=O) groups excluding carboxylic acids is 2. The monoisotopic (exact) mass is 345 g/mol. The SMILES string of the molecule is CCCOc1ccc(/C=C/C(=O)c2ccc(C(=O)[O-])s2)cc1OC. The molecule has 0 amide bonds. The second-order valence-corrected chi connectivity index (χ2v) is 5.99. The molecule has 5 nitrogen and oxygen atoms in total. The minimum atomic E-state index is -1.28. The van der Waals surface area contributed by atoms with E-state index in [1.807, 2.05) is 13.0 Å². The Bertz CT molecular complexity index is 761. The van der Waals surface area contributed by atoms with Crippen LogP contribution in [0.5, 0.6) is 11.5 Å². The summed E-state index contributed by atoms with van der Waals surface area (Å²) in [7, 11) is 1.56. The zero-order valence-electron chi connectivity index (χ0n) is 13.4. The number of benzene rings is 1. The number of hydrogen-bond acceptors (Lipinski definition) is 6. The first-order valence-electron chi connectivity index (χ1n) is 7.39. The van der Waals surface area contributed by atoms with E-state index >= 15 is 0 Å². The maximum atomic E-state index is 12.1. The molecule has 1 aromatic heterocycles. The highest BCUT2D eigenvalue weighted by atomic mass is 32.1. The quantitative estimate of drug-likeness (QED) is 0.543. The Morgan fingerprint density at radius 3 is 2.54 bits per heavy atom. The average molecular weight is 345 g/mol. The molecule has 0 aliphatic rings. The van der Waals surface area contributed by atoms with Gasteiger partial charge in [-0.2, -0.15) is 0 Å². The molecule has 6 heteroatoms. The van der Waals surface area contributed by atoms with Gasteiger partial charge in [-0.05, 0) is 42.3 Å². The van der Waals surface area contributed by atoms with Gasteiger partial charge in [0.15, 0.2) is 17.3 Å².